The molecule has 0 unspecified atom stereocenters. The van der Waals surface area contributed by atoms with Gasteiger partial charge in [-0.2, -0.15) is 0 Å². The maximum atomic E-state index is 13.7. The van der Waals surface area contributed by atoms with E-state index in [1.54, 1.807) is 22.0 Å². The van der Waals surface area contributed by atoms with Crippen LogP contribution in [0.25, 0.3) is 0 Å². The van der Waals surface area contributed by atoms with Crippen molar-refractivity contribution >= 4 is 40.1 Å². The van der Waals surface area contributed by atoms with Crippen molar-refractivity contribution in [2.75, 3.05) is 24.6 Å². The second-order valence-corrected chi connectivity index (χ2v) is 11.9. The summed E-state index contributed by atoms with van der Waals surface area (Å²) < 4.78 is 0.935. The van der Waals surface area contributed by atoms with Gasteiger partial charge in [-0.25, -0.2) is 0 Å². The molecule has 2 atom stereocenters. The third-order valence-electron chi connectivity index (χ3n) is 7.26. The third kappa shape index (κ3) is 7.92. The number of allylic oxidation sites excluding steroid dienone is 3. The summed E-state index contributed by atoms with van der Waals surface area (Å²) in [5.74, 6) is -1.04. The number of fused-ring (bicyclic) bond motifs is 1. The monoisotopic (exact) mass is 656 g/mol. The van der Waals surface area contributed by atoms with Crippen LogP contribution < -0.4 is 4.90 Å². The van der Waals surface area contributed by atoms with Gasteiger partial charge in [0.1, 0.15) is 0 Å². The smallest absolute Gasteiger partial charge is 0.264 e. The Bertz CT molecular complexity index is 1270. The van der Waals surface area contributed by atoms with E-state index in [0.717, 1.165) is 27.7 Å². The average Bonchev–Trinajstić information content (AvgIpc) is 3.13. The number of nitrogens with zero attached hydrogens (tertiary/aromatic N) is 2. The molecule has 2 aromatic carbocycles. The molecule has 0 bridgehead atoms. The summed E-state index contributed by atoms with van der Waals surface area (Å²) in [4.78, 5) is 30.0. The van der Waals surface area contributed by atoms with E-state index < -0.39 is 11.5 Å². The second kappa shape index (κ2) is 14.8. The van der Waals surface area contributed by atoms with E-state index in [-0.39, 0.29) is 31.4 Å². The molecule has 0 radical (unpaired) electrons. The number of rotatable bonds is 13. The molecule has 0 aliphatic carbocycles. The van der Waals surface area contributed by atoms with E-state index in [4.69, 9.17) is 0 Å². The molecule has 3 rings (SSSR count). The number of anilines is 1. The summed E-state index contributed by atoms with van der Waals surface area (Å²) in [5.41, 5.74) is 3.05. The highest BCUT2D eigenvalue weighted by Crippen LogP contribution is 2.45. The first-order chi connectivity index (χ1) is 19.1. The molecular formula is C33H41IN2O4. The highest BCUT2D eigenvalue weighted by atomic mass is 127. The van der Waals surface area contributed by atoms with Crippen LogP contribution in [0.4, 0.5) is 5.69 Å². The van der Waals surface area contributed by atoms with Crippen LogP contribution in [0, 0.1) is 9.49 Å². The number of amides is 2. The molecule has 6 nitrogen and oxygen atoms in total. The number of halogens is 1. The van der Waals surface area contributed by atoms with Crippen molar-refractivity contribution in [3.05, 3.63) is 98.7 Å². The molecule has 1 aliphatic heterocycles. The molecule has 2 amide bonds. The van der Waals surface area contributed by atoms with Crippen molar-refractivity contribution in [1.29, 1.82) is 0 Å². The number of carbonyl (C=O) groups is 2. The normalized spacial score (nSPS) is 17.7. The van der Waals surface area contributed by atoms with E-state index in [1.165, 1.54) is 11.1 Å². The van der Waals surface area contributed by atoms with Crippen LogP contribution in [-0.4, -0.2) is 46.6 Å². The molecular weight excluding hydrogens is 615 g/mol. The predicted octanol–water partition coefficient (Wildman–Crippen LogP) is 6.12. The molecule has 0 spiro atoms. The van der Waals surface area contributed by atoms with Gasteiger partial charge in [0.05, 0.1) is 12.3 Å². The first-order valence-electron chi connectivity index (χ1n) is 13.8. The average molecular weight is 657 g/mol. The fraction of sp³-hybridized carbons (Fsp3) is 0.394. The largest absolute Gasteiger partial charge is 0.395 e. The summed E-state index contributed by atoms with van der Waals surface area (Å²) >= 11 is 2.19. The maximum absolute atomic E-state index is 13.7. The first-order valence-corrected chi connectivity index (χ1v) is 14.9. The van der Waals surface area contributed by atoms with E-state index in [2.05, 4.69) is 55.5 Å². The zero-order valence-electron chi connectivity index (χ0n) is 23.9. The topological polar surface area (TPSA) is 81.1 Å². The summed E-state index contributed by atoms with van der Waals surface area (Å²) in [6.45, 7) is 8.96. The lowest BCUT2D eigenvalue weighted by Crippen LogP contribution is -2.44. The van der Waals surface area contributed by atoms with Crippen LogP contribution >= 0.6 is 22.6 Å². The Balaban J connectivity index is 1.75. The van der Waals surface area contributed by atoms with Crippen LogP contribution in [0.5, 0.6) is 0 Å². The number of aliphatic hydroxyl groups is 2. The Hall–Kier alpha value is -2.75. The SMILES string of the molecule is CC(C)=CCC/C(C)=C/CN1C(=O)[C@@](O)([C@@H](C)/C=C/CC(=O)N(CCO)Cc2ccccc2)c2cc(I)ccc21. The van der Waals surface area contributed by atoms with Gasteiger partial charge < -0.3 is 20.0 Å². The Morgan fingerprint density at radius 1 is 1.12 bits per heavy atom. The van der Waals surface area contributed by atoms with Gasteiger partial charge in [0, 0.05) is 41.1 Å². The molecule has 40 heavy (non-hydrogen) atoms. The fourth-order valence-corrected chi connectivity index (χ4v) is 5.39. The number of hydrogen-bond acceptors (Lipinski definition) is 4. The summed E-state index contributed by atoms with van der Waals surface area (Å²) in [6.07, 6.45) is 9.72. The van der Waals surface area contributed by atoms with E-state index in [9.17, 15) is 19.8 Å². The van der Waals surface area contributed by atoms with Crippen molar-refractivity contribution in [3.8, 4) is 0 Å². The Kier molecular flexibility index (Phi) is 11.7. The molecule has 2 aromatic rings. The number of benzene rings is 2. The van der Waals surface area contributed by atoms with Gasteiger partial charge in [-0.15, -0.1) is 0 Å². The minimum atomic E-state index is -1.73. The van der Waals surface area contributed by atoms with E-state index in [0.29, 0.717) is 18.7 Å². The van der Waals surface area contributed by atoms with Crippen LogP contribution in [-0.2, 0) is 21.7 Å². The molecule has 7 heteroatoms. The standard InChI is InChI=1S/C33H41IN2O4/c1-24(2)10-8-11-25(3)18-19-36-30-17-16-28(34)22-29(30)33(40,32(36)39)26(4)12-9-15-31(38)35(20-21-37)23-27-13-6-5-7-14-27/h5-7,9-10,12-14,16-18,22,26,37,40H,8,11,15,19-21,23H2,1-4H3/b12-9+,25-18+/t26-,33+/m0/s1. The zero-order valence-corrected chi connectivity index (χ0v) is 26.1. The van der Waals surface area contributed by atoms with Crippen LogP contribution in [0.3, 0.4) is 0 Å². The van der Waals surface area contributed by atoms with E-state index >= 15 is 0 Å². The Labute approximate surface area is 252 Å². The van der Waals surface area contributed by atoms with Gasteiger partial charge in [0.15, 0.2) is 5.60 Å². The number of carbonyl (C=O) groups excluding carboxylic acids is 2. The molecule has 1 aliphatic rings. The van der Waals surface area contributed by atoms with Crippen molar-refractivity contribution in [2.45, 2.75) is 59.1 Å². The Morgan fingerprint density at radius 2 is 1.85 bits per heavy atom. The molecule has 2 N–H and O–H groups in total. The van der Waals surface area contributed by atoms with Gasteiger partial charge in [0.25, 0.3) is 5.91 Å². The summed E-state index contributed by atoms with van der Waals surface area (Å²) in [6, 6.07) is 15.4. The molecule has 0 saturated carbocycles. The van der Waals surface area contributed by atoms with Gasteiger partial charge >= 0.3 is 0 Å². The lowest BCUT2D eigenvalue weighted by atomic mass is 9.83. The maximum Gasteiger partial charge on any atom is 0.264 e. The first kappa shape index (κ1) is 31.8. The highest BCUT2D eigenvalue weighted by molar-refractivity contribution is 14.1. The molecule has 0 aromatic heterocycles. The van der Waals surface area contributed by atoms with Crippen molar-refractivity contribution in [3.63, 3.8) is 0 Å². The van der Waals surface area contributed by atoms with Crippen molar-refractivity contribution in [2.24, 2.45) is 5.92 Å². The molecule has 0 saturated heterocycles. The molecule has 0 fully saturated rings. The molecule has 1 heterocycles. The quantitative estimate of drug-likeness (QED) is 0.201. The highest BCUT2D eigenvalue weighted by Gasteiger charge is 2.52. The third-order valence-corrected chi connectivity index (χ3v) is 7.93. The fourth-order valence-electron chi connectivity index (χ4n) is 4.90. The minimum Gasteiger partial charge on any atom is -0.395 e. The lowest BCUT2D eigenvalue weighted by Gasteiger charge is -2.27. The number of aliphatic hydroxyl groups excluding tert-OH is 1. The summed E-state index contributed by atoms with van der Waals surface area (Å²) in [7, 11) is 0. The van der Waals surface area contributed by atoms with Gasteiger partial charge in [-0.3, -0.25) is 9.59 Å². The lowest BCUT2D eigenvalue weighted by molar-refractivity contribution is -0.139. The predicted molar refractivity (Wildman–Crippen MR) is 170 cm³/mol. The zero-order chi connectivity index (χ0) is 29.3. The number of hydrogen-bond donors (Lipinski definition) is 2. The van der Waals surface area contributed by atoms with Crippen LogP contribution in [0.2, 0.25) is 0 Å². The minimum absolute atomic E-state index is 0.109. The van der Waals surface area contributed by atoms with Crippen molar-refractivity contribution in [1.82, 2.24) is 4.90 Å². The van der Waals surface area contributed by atoms with Gasteiger partial charge in [0.2, 0.25) is 5.91 Å². The van der Waals surface area contributed by atoms with Crippen LogP contribution in [0.15, 0.2) is 84.0 Å². The van der Waals surface area contributed by atoms with E-state index in [1.807, 2.05) is 55.5 Å². The van der Waals surface area contributed by atoms with Crippen molar-refractivity contribution < 1.29 is 19.8 Å². The van der Waals surface area contributed by atoms with Gasteiger partial charge in [-0.1, -0.05) is 72.7 Å². The second-order valence-electron chi connectivity index (χ2n) is 10.7. The Morgan fingerprint density at radius 3 is 2.52 bits per heavy atom. The molecule has 214 valence electrons. The summed E-state index contributed by atoms with van der Waals surface area (Å²) in [5, 5.41) is 21.4. The van der Waals surface area contributed by atoms with Gasteiger partial charge in [-0.05, 0) is 80.0 Å². The van der Waals surface area contributed by atoms with Crippen LogP contribution in [0.1, 0.15) is 58.1 Å².